The van der Waals surface area contributed by atoms with E-state index in [9.17, 15) is 22.8 Å². The van der Waals surface area contributed by atoms with Gasteiger partial charge in [-0.3, -0.25) is 0 Å². The Bertz CT molecular complexity index is 3410. The molecule has 0 bridgehead atoms. The molecule has 0 saturated heterocycles. The number of hydrogen-bond acceptors (Lipinski definition) is 13. The van der Waals surface area contributed by atoms with Crippen molar-refractivity contribution in [1.29, 1.82) is 0 Å². The number of hydrogen-bond donors (Lipinski definition) is 0. The van der Waals surface area contributed by atoms with Gasteiger partial charge in [-0.25, -0.2) is 19.4 Å². The first-order valence-electron chi connectivity index (χ1n) is 22.3. The van der Waals surface area contributed by atoms with E-state index < -0.39 is 27.9 Å². The Balaban J connectivity index is 0.903. The van der Waals surface area contributed by atoms with E-state index in [1.807, 2.05) is 74.5 Å². The summed E-state index contributed by atoms with van der Waals surface area (Å²) in [6.45, 7) is 7.78. The maximum Gasteiger partial charge on any atom is 0.343 e. The number of thiazole rings is 1. The molecule has 0 aliphatic rings. The van der Waals surface area contributed by atoms with E-state index in [4.69, 9.17) is 35.3 Å². The van der Waals surface area contributed by atoms with Gasteiger partial charge in [0.2, 0.25) is 5.13 Å². The van der Waals surface area contributed by atoms with E-state index in [1.54, 1.807) is 66.9 Å². The van der Waals surface area contributed by atoms with Gasteiger partial charge in [0, 0.05) is 12.5 Å². The first-order valence-corrected chi connectivity index (χ1v) is 24.9. The lowest BCUT2D eigenvalue weighted by atomic mass is 9.98. The summed E-state index contributed by atoms with van der Waals surface area (Å²) in [6.07, 6.45) is 4.28. The fourth-order valence-corrected chi connectivity index (χ4v) is 9.90. The Labute approximate surface area is 419 Å². The predicted octanol–water partition coefficient (Wildman–Crippen LogP) is 11.7. The van der Waals surface area contributed by atoms with E-state index in [0.717, 1.165) is 53.8 Å². The number of aryl methyl sites for hydroxylation is 4. The van der Waals surface area contributed by atoms with Gasteiger partial charge in [0.25, 0.3) is 10.0 Å². The number of halogens is 1. The average molecular weight is 1010 g/mol. The van der Waals surface area contributed by atoms with Crippen molar-refractivity contribution in [2.45, 2.75) is 38.0 Å². The van der Waals surface area contributed by atoms with Crippen molar-refractivity contribution in [3.63, 3.8) is 0 Å². The highest BCUT2D eigenvalue weighted by atomic mass is 35.5. The number of aromatic nitrogens is 1. The molecule has 0 unspecified atom stereocenters. The molecule has 0 N–H and O–H groups in total. The molecular weight excluding hydrogens is 962 g/mol. The summed E-state index contributed by atoms with van der Waals surface area (Å²) in [5.74, 6) is -0.829. The number of esters is 3. The van der Waals surface area contributed by atoms with Crippen LogP contribution in [0.5, 0.6) is 23.0 Å². The SMILES string of the molecule is C=CC(=O)OCCCOc1ccc2cc(C(=O)Oc3ccc(C(=O)Oc4ccc(CCc5ccc(C)cc5/C=N/N(c5nc6ccccc6s5)S(=O)(=O)c5ccc(C)cc5)cc4Cl)cc3OC)ccc2c1. The standard InChI is InChI=1S/C55H46ClN3O10S2/c1-5-52(60)67-28-8-27-66-44-22-20-39-31-41(19-18-40(39)32-44)53(61)69-49-26-21-42(33-50(49)65-4)54(62)68-48-25-15-37(30-46(48)56)14-17-38-16-11-36(3)29-43(38)34-57-59(55-58-47-9-6-7-10-51(47)70-55)71(63,64)45-23-12-35(2)13-24-45/h5-7,9-13,15-16,18-26,29-34H,1,8,14,17,27-28H2,2-4H3/b57-34+. The zero-order valence-electron chi connectivity index (χ0n) is 38.8. The highest BCUT2D eigenvalue weighted by molar-refractivity contribution is 7.93. The van der Waals surface area contributed by atoms with Crippen LogP contribution in [0.4, 0.5) is 5.13 Å². The molecule has 71 heavy (non-hydrogen) atoms. The van der Waals surface area contributed by atoms with Gasteiger partial charge >= 0.3 is 17.9 Å². The molecular formula is C55H46ClN3O10S2. The van der Waals surface area contributed by atoms with Crippen LogP contribution in [0, 0.1) is 13.8 Å². The summed E-state index contributed by atoms with van der Waals surface area (Å²) in [7, 11) is -2.74. The van der Waals surface area contributed by atoms with E-state index in [0.29, 0.717) is 42.7 Å². The van der Waals surface area contributed by atoms with Gasteiger partial charge in [0.15, 0.2) is 11.5 Å². The van der Waals surface area contributed by atoms with Crippen molar-refractivity contribution in [3.05, 3.63) is 196 Å². The van der Waals surface area contributed by atoms with E-state index in [1.165, 1.54) is 36.6 Å². The summed E-state index contributed by atoms with van der Waals surface area (Å²) in [5.41, 5.74) is 5.51. The lowest BCUT2D eigenvalue weighted by Gasteiger charge is -2.17. The highest BCUT2D eigenvalue weighted by Gasteiger charge is 2.28. The fourth-order valence-electron chi connectivity index (χ4n) is 7.32. The van der Waals surface area contributed by atoms with Crippen molar-refractivity contribution >= 4 is 83.2 Å². The minimum absolute atomic E-state index is 0.0914. The third-order valence-corrected chi connectivity index (χ3v) is 14.1. The van der Waals surface area contributed by atoms with E-state index >= 15 is 0 Å². The largest absolute Gasteiger partial charge is 0.493 e. The number of rotatable bonds is 19. The third kappa shape index (κ3) is 12.1. The number of methoxy groups -OCH3 is 1. The van der Waals surface area contributed by atoms with Gasteiger partial charge in [0.05, 0.1) is 57.8 Å². The molecule has 8 rings (SSSR count). The number of para-hydroxylation sites is 1. The number of sulfonamides is 1. The zero-order valence-corrected chi connectivity index (χ0v) is 41.2. The molecule has 0 aliphatic heterocycles. The summed E-state index contributed by atoms with van der Waals surface area (Å²) >= 11 is 7.92. The number of anilines is 1. The lowest BCUT2D eigenvalue weighted by molar-refractivity contribution is -0.137. The smallest absolute Gasteiger partial charge is 0.343 e. The quantitative estimate of drug-likeness (QED) is 0.0189. The number of hydrazone groups is 1. The predicted molar refractivity (Wildman–Crippen MR) is 276 cm³/mol. The summed E-state index contributed by atoms with van der Waals surface area (Å²) in [5, 5.41) is 6.64. The van der Waals surface area contributed by atoms with Crippen molar-refractivity contribution in [1.82, 2.24) is 4.98 Å². The lowest BCUT2D eigenvalue weighted by Crippen LogP contribution is -2.26. The van der Waals surface area contributed by atoms with Crippen LogP contribution in [-0.4, -0.2) is 57.8 Å². The molecule has 1 aromatic heterocycles. The van der Waals surface area contributed by atoms with Crippen LogP contribution in [0.1, 0.15) is 55.0 Å². The second-order valence-electron chi connectivity index (χ2n) is 16.2. The average Bonchev–Trinajstić information content (AvgIpc) is 3.80. The summed E-state index contributed by atoms with van der Waals surface area (Å²) < 4.78 is 57.7. The third-order valence-electron chi connectivity index (χ3n) is 11.1. The van der Waals surface area contributed by atoms with Crippen LogP contribution in [0.3, 0.4) is 0 Å². The van der Waals surface area contributed by atoms with Crippen LogP contribution < -0.4 is 23.4 Å². The maximum absolute atomic E-state index is 14.1. The molecule has 0 fully saturated rings. The number of carbonyl (C=O) groups is 3. The molecule has 0 atom stereocenters. The zero-order chi connectivity index (χ0) is 50.1. The minimum Gasteiger partial charge on any atom is -0.493 e. The molecule has 0 amide bonds. The van der Waals surface area contributed by atoms with Gasteiger partial charge < -0.3 is 23.7 Å². The molecule has 0 saturated carbocycles. The molecule has 7 aromatic carbocycles. The van der Waals surface area contributed by atoms with Crippen molar-refractivity contribution in [2.24, 2.45) is 5.10 Å². The van der Waals surface area contributed by atoms with Gasteiger partial charge in [0.1, 0.15) is 11.5 Å². The molecule has 8 aromatic rings. The topological polar surface area (TPSA) is 160 Å². The molecule has 0 spiro atoms. The van der Waals surface area contributed by atoms with Crippen molar-refractivity contribution < 1.29 is 46.5 Å². The van der Waals surface area contributed by atoms with Gasteiger partial charge in [-0.05, 0) is 133 Å². The molecule has 13 nitrogen and oxygen atoms in total. The molecule has 0 aliphatic carbocycles. The second-order valence-corrected chi connectivity index (χ2v) is 19.4. The number of benzene rings is 7. The van der Waals surface area contributed by atoms with Crippen molar-refractivity contribution in [3.8, 4) is 23.0 Å². The molecule has 0 radical (unpaired) electrons. The number of nitrogens with zero attached hydrogens (tertiary/aromatic N) is 3. The molecule has 1 heterocycles. The van der Waals surface area contributed by atoms with Gasteiger partial charge in [-0.15, -0.1) is 4.41 Å². The van der Waals surface area contributed by atoms with E-state index in [2.05, 4.69) is 16.7 Å². The van der Waals surface area contributed by atoms with Crippen LogP contribution >= 0.6 is 22.9 Å². The second kappa shape index (κ2) is 22.3. The van der Waals surface area contributed by atoms with Crippen molar-refractivity contribution in [2.75, 3.05) is 24.7 Å². The monoisotopic (exact) mass is 1010 g/mol. The number of ether oxygens (including phenoxy) is 5. The van der Waals surface area contributed by atoms with Crippen LogP contribution in [0.25, 0.3) is 21.0 Å². The molecule has 360 valence electrons. The van der Waals surface area contributed by atoms with Gasteiger partial charge in [-0.2, -0.15) is 13.5 Å². The Morgan fingerprint density at radius 2 is 1.45 bits per heavy atom. The minimum atomic E-state index is -4.14. The Hall–Kier alpha value is -7.85. The van der Waals surface area contributed by atoms with Crippen LogP contribution in [0.15, 0.2) is 162 Å². The summed E-state index contributed by atoms with van der Waals surface area (Å²) in [4.78, 5) is 42.6. The van der Waals surface area contributed by atoms with Gasteiger partial charge in [-0.1, -0.05) is 101 Å². The Morgan fingerprint density at radius 3 is 2.21 bits per heavy atom. The Morgan fingerprint density at radius 1 is 0.746 bits per heavy atom. The first kappa shape index (κ1) is 49.6. The fraction of sp³-hybridized carbons (Fsp3) is 0.145. The van der Waals surface area contributed by atoms with E-state index in [-0.39, 0.29) is 44.5 Å². The maximum atomic E-state index is 14.1. The first-order chi connectivity index (χ1) is 34.3. The summed E-state index contributed by atoms with van der Waals surface area (Å²) in [6, 6.07) is 40.0. The number of fused-ring (bicyclic) bond motifs is 2. The normalized spacial score (nSPS) is 11.4. The van der Waals surface area contributed by atoms with Crippen LogP contribution in [-0.2, 0) is 32.4 Å². The van der Waals surface area contributed by atoms with Crippen LogP contribution in [0.2, 0.25) is 5.02 Å². The Kier molecular flexibility index (Phi) is 15.5. The number of carbonyl (C=O) groups excluding carboxylic acids is 3. The highest BCUT2D eigenvalue weighted by Crippen LogP contribution is 2.34. The molecule has 16 heteroatoms.